The Morgan fingerprint density at radius 2 is 2.39 bits per heavy atom. The minimum Gasteiger partial charge on any atom is -0.455 e. The predicted octanol–water partition coefficient (Wildman–Crippen LogP) is 2.03. The number of hydrogen-bond donors (Lipinski definition) is 1. The number of rotatable bonds is 6. The maximum atomic E-state index is 11.7. The molecule has 0 spiro atoms. The summed E-state index contributed by atoms with van der Waals surface area (Å²) in [5.74, 6) is 0.957. The highest BCUT2D eigenvalue weighted by atomic mass is 35.5. The Hall–Kier alpha value is -1.75. The minimum absolute atomic E-state index is 0.211. The molecular weight excluding hydrogens is 254 g/mol. The molecule has 2 aromatic heterocycles. The van der Waals surface area contributed by atoms with E-state index in [1.807, 2.05) is 10.8 Å². The number of nitrogens with one attached hydrogen (secondary N) is 1. The van der Waals surface area contributed by atoms with Crippen LogP contribution in [0.25, 0.3) is 0 Å². The number of amides is 1. The third-order valence-electron chi connectivity index (χ3n) is 2.45. The second-order valence-corrected chi connectivity index (χ2v) is 4.08. The van der Waals surface area contributed by atoms with Crippen LogP contribution in [0.1, 0.15) is 22.7 Å². The smallest absolute Gasteiger partial charge is 0.286 e. The molecule has 2 aromatic rings. The van der Waals surface area contributed by atoms with Crippen molar-refractivity contribution in [2.45, 2.75) is 18.8 Å². The molecule has 0 atom stereocenters. The van der Waals surface area contributed by atoms with Gasteiger partial charge in [-0.1, -0.05) is 0 Å². The van der Waals surface area contributed by atoms with Gasteiger partial charge in [-0.15, -0.1) is 11.6 Å². The number of nitrogens with zero attached hydrogens (tertiary/aromatic N) is 2. The van der Waals surface area contributed by atoms with Crippen LogP contribution in [0.4, 0.5) is 0 Å². The van der Waals surface area contributed by atoms with Crippen molar-refractivity contribution in [3.8, 4) is 0 Å². The van der Waals surface area contributed by atoms with Crippen LogP contribution in [-0.4, -0.2) is 22.0 Å². The zero-order valence-electron chi connectivity index (χ0n) is 9.80. The number of aryl methyl sites for hydroxylation is 1. The lowest BCUT2D eigenvalue weighted by molar-refractivity contribution is 0.0923. The highest BCUT2D eigenvalue weighted by molar-refractivity contribution is 6.16. The first-order valence-electron chi connectivity index (χ1n) is 5.68. The number of aromatic nitrogens is 2. The normalized spacial score (nSPS) is 10.5. The highest BCUT2D eigenvalue weighted by Crippen LogP contribution is 2.09. The second-order valence-electron chi connectivity index (χ2n) is 3.81. The van der Waals surface area contributed by atoms with Crippen LogP contribution in [0.3, 0.4) is 0 Å². The predicted molar refractivity (Wildman–Crippen MR) is 67.4 cm³/mol. The van der Waals surface area contributed by atoms with Gasteiger partial charge < -0.3 is 14.3 Å². The van der Waals surface area contributed by atoms with Gasteiger partial charge in [-0.25, -0.2) is 4.98 Å². The molecule has 0 unspecified atom stereocenters. The van der Waals surface area contributed by atoms with Crippen molar-refractivity contribution in [1.82, 2.24) is 14.9 Å². The molecule has 0 aliphatic heterocycles. The quantitative estimate of drug-likeness (QED) is 0.644. The Kier molecular flexibility index (Phi) is 4.41. The van der Waals surface area contributed by atoms with Gasteiger partial charge in [0.25, 0.3) is 5.91 Å². The van der Waals surface area contributed by atoms with E-state index < -0.39 is 0 Å². The molecule has 5 nitrogen and oxygen atoms in total. The maximum Gasteiger partial charge on any atom is 0.286 e. The zero-order valence-corrected chi connectivity index (χ0v) is 10.6. The lowest BCUT2D eigenvalue weighted by Gasteiger charge is -2.03. The van der Waals surface area contributed by atoms with E-state index in [2.05, 4.69) is 10.3 Å². The van der Waals surface area contributed by atoms with Gasteiger partial charge in [0.05, 0.1) is 12.2 Å². The summed E-state index contributed by atoms with van der Waals surface area (Å²) in [5.41, 5.74) is 0. The topological polar surface area (TPSA) is 60.1 Å². The van der Waals surface area contributed by atoms with E-state index in [1.165, 1.54) is 0 Å². The van der Waals surface area contributed by atoms with Gasteiger partial charge in [0.15, 0.2) is 5.76 Å². The third kappa shape index (κ3) is 3.37. The van der Waals surface area contributed by atoms with Gasteiger partial charge in [-0.3, -0.25) is 4.79 Å². The number of hydrogen-bond acceptors (Lipinski definition) is 3. The number of alkyl halides is 1. The molecule has 2 rings (SSSR count). The Bertz CT molecular complexity index is 493. The summed E-state index contributed by atoms with van der Waals surface area (Å²) in [6.07, 6.45) is 6.21. The monoisotopic (exact) mass is 267 g/mol. The SMILES string of the molecule is O=C(NCCCn1ccnc1)c1ccc(CCl)o1. The lowest BCUT2D eigenvalue weighted by Crippen LogP contribution is -2.24. The van der Waals surface area contributed by atoms with Crippen molar-refractivity contribution in [1.29, 1.82) is 0 Å². The molecule has 0 fully saturated rings. The average Bonchev–Trinajstić information content (AvgIpc) is 3.05. The van der Waals surface area contributed by atoms with E-state index in [0.29, 0.717) is 18.1 Å². The number of carbonyl (C=O) groups is 1. The van der Waals surface area contributed by atoms with Gasteiger partial charge in [-0.05, 0) is 18.6 Å². The summed E-state index contributed by atoms with van der Waals surface area (Å²) in [4.78, 5) is 15.6. The summed E-state index contributed by atoms with van der Waals surface area (Å²) < 4.78 is 7.20. The van der Waals surface area contributed by atoms with E-state index >= 15 is 0 Å². The summed E-state index contributed by atoms with van der Waals surface area (Å²) in [6.45, 7) is 1.42. The Labute approximate surface area is 110 Å². The summed E-state index contributed by atoms with van der Waals surface area (Å²) >= 11 is 5.59. The van der Waals surface area contributed by atoms with Gasteiger partial charge in [-0.2, -0.15) is 0 Å². The van der Waals surface area contributed by atoms with E-state index in [0.717, 1.165) is 13.0 Å². The molecule has 1 N–H and O–H groups in total. The maximum absolute atomic E-state index is 11.7. The molecule has 96 valence electrons. The van der Waals surface area contributed by atoms with Gasteiger partial charge in [0.1, 0.15) is 5.76 Å². The highest BCUT2D eigenvalue weighted by Gasteiger charge is 2.09. The minimum atomic E-state index is -0.211. The summed E-state index contributed by atoms with van der Waals surface area (Å²) in [7, 11) is 0. The Morgan fingerprint density at radius 3 is 3.06 bits per heavy atom. The van der Waals surface area contributed by atoms with E-state index in [1.54, 1.807) is 24.7 Å². The number of carbonyl (C=O) groups excluding carboxylic acids is 1. The van der Waals surface area contributed by atoms with Crippen molar-refractivity contribution in [3.05, 3.63) is 42.4 Å². The van der Waals surface area contributed by atoms with Gasteiger partial charge >= 0.3 is 0 Å². The fraction of sp³-hybridized carbons (Fsp3) is 0.333. The van der Waals surface area contributed by atoms with Crippen LogP contribution in [0.2, 0.25) is 0 Å². The molecule has 0 aliphatic carbocycles. The molecule has 1 amide bonds. The van der Waals surface area contributed by atoms with Crippen molar-refractivity contribution in [2.75, 3.05) is 6.54 Å². The molecule has 2 heterocycles. The van der Waals surface area contributed by atoms with Crippen LogP contribution < -0.4 is 5.32 Å². The number of furan rings is 1. The van der Waals surface area contributed by atoms with Gasteiger partial charge in [0, 0.05) is 25.5 Å². The van der Waals surface area contributed by atoms with Crippen LogP contribution >= 0.6 is 11.6 Å². The van der Waals surface area contributed by atoms with Crippen LogP contribution in [0, 0.1) is 0 Å². The standard InChI is InChI=1S/C12H14ClN3O2/c13-8-10-2-3-11(18-10)12(17)15-4-1-6-16-7-5-14-9-16/h2-3,5,7,9H,1,4,6,8H2,(H,15,17). The van der Waals surface area contributed by atoms with Gasteiger partial charge in [0.2, 0.25) is 0 Å². The van der Waals surface area contributed by atoms with E-state index in [4.69, 9.17) is 16.0 Å². The largest absolute Gasteiger partial charge is 0.455 e. The molecule has 0 aliphatic rings. The number of halogens is 1. The van der Waals surface area contributed by atoms with Crippen molar-refractivity contribution in [2.24, 2.45) is 0 Å². The molecule has 6 heteroatoms. The first kappa shape index (κ1) is 12.7. The second kappa shape index (κ2) is 6.26. The molecule has 0 saturated heterocycles. The van der Waals surface area contributed by atoms with Crippen LogP contribution in [0.5, 0.6) is 0 Å². The molecule has 0 radical (unpaired) electrons. The molecule has 0 aromatic carbocycles. The lowest BCUT2D eigenvalue weighted by atomic mass is 10.3. The van der Waals surface area contributed by atoms with Crippen molar-refractivity contribution >= 4 is 17.5 Å². The van der Waals surface area contributed by atoms with E-state index in [9.17, 15) is 4.79 Å². The Morgan fingerprint density at radius 1 is 1.50 bits per heavy atom. The molecule has 0 saturated carbocycles. The van der Waals surface area contributed by atoms with E-state index in [-0.39, 0.29) is 11.8 Å². The fourth-order valence-electron chi connectivity index (χ4n) is 1.54. The van der Waals surface area contributed by atoms with Crippen LogP contribution in [0.15, 0.2) is 35.3 Å². The summed E-state index contributed by atoms with van der Waals surface area (Å²) in [5, 5.41) is 2.79. The first-order chi connectivity index (χ1) is 8.79. The van der Waals surface area contributed by atoms with Crippen LogP contribution in [-0.2, 0) is 12.4 Å². The average molecular weight is 268 g/mol. The summed E-state index contributed by atoms with van der Waals surface area (Å²) in [6, 6.07) is 3.33. The third-order valence-corrected chi connectivity index (χ3v) is 2.72. The van der Waals surface area contributed by atoms with Crippen molar-refractivity contribution < 1.29 is 9.21 Å². The molecular formula is C12H14ClN3O2. The molecule has 0 bridgehead atoms. The molecule has 18 heavy (non-hydrogen) atoms. The fourth-order valence-corrected chi connectivity index (χ4v) is 1.69. The number of imidazole rings is 1. The van der Waals surface area contributed by atoms with Crippen molar-refractivity contribution in [3.63, 3.8) is 0 Å². The first-order valence-corrected chi connectivity index (χ1v) is 6.21. The zero-order chi connectivity index (χ0) is 12.8. The Balaban J connectivity index is 1.71.